The number of hydrogen-bond donors (Lipinski definition) is 10. The Morgan fingerprint density at radius 3 is 1.64 bits per heavy atom. The number of phenols is 2. The number of hydrogen-bond acceptors (Lipinski definition) is 9. The van der Waals surface area contributed by atoms with Crippen molar-refractivity contribution in [3.05, 3.63) is 59.7 Å². The average Bonchev–Trinajstić information content (AvgIpc) is 2.95. The summed E-state index contributed by atoms with van der Waals surface area (Å²) in [5.74, 6) is -5.10. The fourth-order valence-corrected chi connectivity index (χ4v) is 4.03. The smallest absolute Gasteiger partial charge is 0.326 e. The Morgan fingerprint density at radius 1 is 0.705 bits per heavy atom. The Bertz CT molecular complexity index is 1330. The van der Waals surface area contributed by atoms with Gasteiger partial charge in [-0.3, -0.25) is 24.2 Å². The molecule has 0 saturated carbocycles. The summed E-state index contributed by atoms with van der Waals surface area (Å²) in [6.45, 7) is 0.231. The number of aliphatic imine (C=N–C) groups is 1. The van der Waals surface area contributed by atoms with Crippen LogP contribution in [-0.4, -0.2) is 81.6 Å². The number of nitrogens with zero attached hydrogens (tertiary/aromatic N) is 1. The van der Waals surface area contributed by atoms with E-state index in [9.17, 15) is 39.3 Å². The monoisotopic (exact) mass is 614 g/mol. The lowest BCUT2D eigenvalue weighted by Gasteiger charge is -2.25. The van der Waals surface area contributed by atoms with Crippen LogP contribution < -0.4 is 38.9 Å². The van der Waals surface area contributed by atoms with Crippen LogP contribution >= 0.6 is 0 Å². The molecule has 14 N–H and O–H groups in total. The number of phenolic OH excluding ortho intramolecular Hbond substituents is 2. The molecule has 0 aliphatic rings. The van der Waals surface area contributed by atoms with Gasteiger partial charge >= 0.3 is 5.97 Å². The number of amides is 4. The van der Waals surface area contributed by atoms with Crippen molar-refractivity contribution in [3.63, 3.8) is 0 Å². The Morgan fingerprint density at radius 2 is 1.16 bits per heavy atom. The van der Waals surface area contributed by atoms with Crippen LogP contribution in [0.5, 0.6) is 11.5 Å². The number of primary amides is 1. The number of carbonyl (C=O) groups is 5. The third kappa shape index (κ3) is 12.2. The minimum atomic E-state index is -1.59. The minimum absolute atomic E-state index is 0.0277. The van der Waals surface area contributed by atoms with Crippen LogP contribution in [0, 0.1) is 0 Å². The molecule has 16 nitrogen and oxygen atoms in total. The molecule has 4 unspecified atom stereocenters. The minimum Gasteiger partial charge on any atom is -0.508 e. The highest BCUT2D eigenvalue weighted by molar-refractivity contribution is 5.96. The van der Waals surface area contributed by atoms with E-state index in [4.69, 9.17) is 22.9 Å². The summed E-state index contributed by atoms with van der Waals surface area (Å²) in [5, 5.41) is 35.9. The van der Waals surface area contributed by atoms with Gasteiger partial charge in [0.1, 0.15) is 29.6 Å². The largest absolute Gasteiger partial charge is 0.508 e. The summed E-state index contributed by atoms with van der Waals surface area (Å²) in [6.07, 6.45) is -0.383. The third-order valence-electron chi connectivity index (χ3n) is 6.34. The lowest BCUT2D eigenvalue weighted by atomic mass is 10.0. The van der Waals surface area contributed by atoms with E-state index in [-0.39, 0.29) is 43.3 Å². The first-order valence-electron chi connectivity index (χ1n) is 13.5. The first-order chi connectivity index (χ1) is 20.7. The van der Waals surface area contributed by atoms with Gasteiger partial charge in [0.15, 0.2) is 5.96 Å². The van der Waals surface area contributed by atoms with Crippen molar-refractivity contribution in [2.45, 2.75) is 56.3 Å². The molecule has 2 aromatic carbocycles. The Balaban J connectivity index is 2.21. The van der Waals surface area contributed by atoms with E-state index in [1.807, 2.05) is 0 Å². The van der Waals surface area contributed by atoms with Gasteiger partial charge in [-0.15, -0.1) is 0 Å². The summed E-state index contributed by atoms with van der Waals surface area (Å²) in [5.41, 5.74) is 22.9. The van der Waals surface area contributed by atoms with Crippen molar-refractivity contribution in [2.24, 2.45) is 27.9 Å². The van der Waals surface area contributed by atoms with Crippen LogP contribution in [0.2, 0.25) is 0 Å². The maximum Gasteiger partial charge on any atom is 0.326 e. The fraction of sp³-hybridized carbons (Fsp3) is 0.357. The van der Waals surface area contributed by atoms with Gasteiger partial charge in [0.2, 0.25) is 23.6 Å². The molecule has 44 heavy (non-hydrogen) atoms. The van der Waals surface area contributed by atoms with E-state index in [0.29, 0.717) is 17.5 Å². The number of carbonyl (C=O) groups excluding carboxylic acids is 4. The first kappa shape index (κ1) is 34.8. The predicted molar refractivity (Wildman–Crippen MR) is 159 cm³/mol. The van der Waals surface area contributed by atoms with Crippen molar-refractivity contribution in [3.8, 4) is 11.5 Å². The van der Waals surface area contributed by atoms with Crippen molar-refractivity contribution < 1.29 is 39.3 Å². The molecule has 2 aromatic rings. The van der Waals surface area contributed by atoms with Crippen LogP contribution in [0.25, 0.3) is 0 Å². The van der Waals surface area contributed by atoms with Gasteiger partial charge in [-0.1, -0.05) is 24.3 Å². The van der Waals surface area contributed by atoms with Crippen molar-refractivity contribution in [1.29, 1.82) is 0 Å². The van der Waals surface area contributed by atoms with Crippen molar-refractivity contribution in [1.82, 2.24) is 16.0 Å². The molecule has 0 saturated heterocycles. The van der Waals surface area contributed by atoms with Gasteiger partial charge in [0, 0.05) is 19.4 Å². The van der Waals surface area contributed by atoms with Gasteiger partial charge in [0.05, 0.1) is 12.5 Å². The zero-order chi connectivity index (χ0) is 32.8. The number of nitrogens with two attached hydrogens (primary N) is 4. The van der Waals surface area contributed by atoms with E-state index >= 15 is 0 Å². The normalized spacial score (nSPS) is 13.4. The number of rotatable bonds is 17. The molecule has 0 bridgehead atoms. The summed E-state index contributed by atoms with van der Waals surface area (Å²) in [6, 6.07) is 6.07. The SMILES string of the molecule is NC(=O)CC(NC(=O)C(Cc1ccc(O)cc1)NC(=O)C(N)CCCN=C(N)N)C(=O)NC(Cc1ccc(O)cc1)C(=O)O. The molecule has 4 amide bonds. The second-order valence-corrected chi connectivity index (χ2v) is 9.99. The maximum absolute atomic E-state index is 13.4. The second kappa shape index (κ2) is 16.9. The van der Waals surface area contributed by atoms with Crippen molar-refractivity contribution in [2.75, 3.05) is 6.54 Å². The topological polar surface area (TPSA) is 299 Å². The van der Waals surface area contributed by atoms with Gasteiger partial charge in [-0.05, 0) is 48.2 Å². The molecule has 0 heterocycles. The first-order valence-corrected chi connectivity index (χ1v) is 13.5. The van der Waals surface area contributed by atoms with Gasteiger partial charge in [-0.25, -0.2) is 4.79 Å². The molecule has 0 aliphatic carbocycles. The number of carboxylic acid groups (broad SMARTS) is 1. The maximum atomic E-state index is 13.4. The molecule has 0 aliphatic heterocycles. The number of nitrogens with one attached hydrogen (secondary N) is 3. The summed E-state index contributed by atoms with van der Waals surface area (Å²) in [7, 11) is 0. The van der Waals surface area contributed by atoms with E-state index in [1.165, 1.54) is 48.5 Å². The van der Waals surface area contributed by atoms with Crippen molar-refractivity contribution >= 4 is 35.6 Å². The molecule has 238 valence electrons. The van der Waals surface area contributed by atoms with Crippen LogP contribution in [0.1, 0.15) is 30.4 Å². The second-order valence-electron chi connectivity index (χ2n) is 9.99. The molecule has 0 aromatic heterocycles. The molecule has 2 rings (SSSR count). The lowest BCUT2D eigenvalue weighted by molar-refractivity contribution is -0.142. The number of carboxylic acids is 1. The van der Waals surface area contributed by atoms with Crippen LogP contribution in [0.15, 0.2) is 53.5 Å². The average molecular weight is 615 g/mol. The molecule has 16 heteroatoms. The zero-order valence-corrected chi connectivity index (χ0v) is 23.8. The van der Waals surface area contributed by atoms with Crippen LogP contribution in [0.4, 0.5) is 0 Å². The van der Waals surface area contributed by atoms with Crippen LogP contribution in [0.3, 0.4) is 0 Å². The highest BCUT2D eigenvalue weighted by atomic mass is 16.4. The molecular formula is C28H38N8O8. The number of aliphatic carboxylic acids is 1. The Kier molecular flexibility index (Phi) is 13.4. The van der Waals surface area contributed by atoms with E-state index in [2.05, 4.69) is 20.9 Å². The number of aromatic hydroxyl groups is 2. The Labute approximate surface area is 252 Å². The number of benzene rings is 2. The highest BCUT2D eigenvalue weighted by Gasteiger charge is 2.31. The molecular weight excluding hydrogens is 576 g/mol. The summed E-state index contributed by atoms with van der Waals surface area (Å²) < 4.78 is 0. The van der Waals surface area contributed by atoms with Gasteiger partial charge in [0.25, 0.3) is 0 Å². The Hall–Kier alpha value is -5.38. The number of guanidine groups is 1. The quantitative estimate of drug-likeness (QED) is 0.0512. The van der Waals surface area contributed by atoms with Gasteiger partial charge < -0.3 is 54.2 Å². The standard InChI is InChI=1S/C28H38N8O8/c29-19(2-1-11-33-28(31)32)24(40)34-20(12-15-3-7-17(37)8-4-15)25(41)35-21(14-23(30)39)26(42)36-22(27(43)44)13-16-5-9-18(38)10-6-16/h3-10,19-22,37-38H,1-2,11-14,29H2,(H2,30,39)(H,34,40)(H,35,41)(H,36,42)(H,43,44)(H4,31,32,33). The van der Waals surface area contributed by atoms with E-state index in [1.54, 1.807) is 0 Å². The fourth-order valence-electron chi connectivity index (χ4n) is 4.03. The molecule has 0 radical (unpaired) electrons. The molecule has 0 fully saturated rings. The predicted octanol–water partition coefficient (Wildman–Crippen LogP) is -2.32. The summed E-state index contributed by atoms with van der Waals surface area (Å²) in [4.78, 5) is 66.9. The van der Waals surface area contributed by atoms with Gasteiger partial charge in [-0.2, -0.15) is 0 Å². The van der Waals surface area contributed by atoms with E-state index < -0.39 is 60.2 Å². The summed E-state index contributed by atoms with van der Waals surface area (Å²) >= 11 is 0. The third-order valence-corrected chi connectivity index (χ3v) is 6.34. The van der Waals surface area contributed by atoms with E-state index in [0.717, 1.165) is 0 Å². The van der Waals surface area contributed by atoms with Crippen LogP contribution in [-0.2, 0) is 36.8 Å². The molecule has 0 spiro atoms. The zero-order valence-electron chi connectivity index (χ0n) is 23.8. The molecule has 4 atom stereocenters. The highest BCUT2D eigenvalue weighted by Crippen LogP contribution is 2.13. The lowest BCUT2D eigenvalue weighted by Crippen LogP contribution is -2.58.